The third-order valence-electron chi connectivity index (χ3n) is 8.46. The van der Waals surface area contributed by atoms with Crippen LogP contribution in [0.25, 0.3) is 0 Å². The fraction of sp³-hybridized carbons (Fsp3) is 0.517. The van der Waals surface area contributed by atoms with Gasteiger partial charge in [0.1, 0.15) is 12.4 Å². The third-order valence-corrected chi connectivity index (χ3v) is 8.46. The SMILES string of the molecule is C=CC(=O)N1CC2(C1)CN(C(CC1CC1)c1ccc([C@H](C)Nc3ncc4c(n3)N(CC)C(=O)OC4)cc1)C2. The number of carbonyl (C=O) groups excluding carboxylic acids is 2. The molecule has 4 heterocycles. The van der Waals surface area contributed by atoms with E-state index in [-0.39, 0.29) is 30.1 Å². The molecule has 6 rings (SSSR count). The van der Waals surface area contributed by atoms with Gasteiger partial charge in [-0.1, -0.05) is 43.7 Å². The highest BCUT2D eigenvalue weighted by Gasteiger charge is 2.54. The van der Waals surface area contributed by atoms with E-state index in [0.717, 1.165) is 43.2 Å². The highest BCUT2D eigenvalue weighted by atomic mass is 16.6. The summed E-state index contributed by atoms with van der Waals surface area (Å²) in [5.74, 6) is 1.99. The van der Waals surface area contributed by atoms with Gasteiger partial charge in [-0.15, -0.1) is 0 Å². The first-order chi connectivity index (χ1) is 18.4. The molecule has 1 N–H and O–H groups in total. The zero-order chi connectivity index (χ0) is 26.4. The van der Waals surface area contributed by atoms with Gasteiger partial charge >= 0.3 is 6.09 Å². The molecule has 2 amide bonds. The van der Waals surface area contributed by atoms with E-state index in [9.17, 15) is 9.59 Å². The summed E-state index contributed by atoms with van der Waals surface area (Å²) in [4.78, 5) is 39.1. The maximum Gasteiger partial charge on any atom is 0.415 e. The largest absolute Gasteiger partial charge is 0.444 e. The molecule has 1 spiro atoms. The van der Waals surface area contributed by atoms with Crippen LogP contribution in [0.1, 0.15) is 61.9 Å². The lowest BCUT2D eigenvalue weighted by Crippen LogP contribution is -2.73. The molecular weight excluding hydrogens is 480 g/mol. The van der Waals surface area contributed by atoms with Crippen molar-refractivity contribution >= 4 is 23.8 Å². The lowest BCUT2D eigenvalue weighted by atomic mass is 9.71. The van der Waals surface area contributed by atoms with Crippen molar-refractivity contribution in [1.82, 2.24) is 19.8 Å². The van der Waals surface area contributed by atoms with Crippen molar-refractivity contribution in [2.75, 3.05) is 42.9 Å². The normalized spacial score (nSPS) is 21.6. The van der Waals surface area contributed by atoms with Gasteiger partial charge in [-0.05, 0) is 43.4 Å². The van der Waals surface area contributed by atoms with Gasteiger partial charge in [0.2, 0.25) is 11.9 Å². The van der Waals surface area contributed by atoms with Gasteiger partial charge in [0.05, 0.1) is 11.6 Å². The standard InChI is InChI=1S/C29H36N6O3/c1-4-25(36)34-17-29(18-34)15-33(16-29)24(12-20-6-7-20)22-10-8-21(9-11-22)19(3)31-27-30-13-23-14-38-28(37)35(5-2)26(23)32-27/h4,8-11,13,19-20,24H,1,5-7,12,14-18H2,2-3H3,(H,30,31,32)/t19-,24?/m0/s1. The van der Waals surface area contributed by atoms with Crippen molar-refractivity contribution in [3.05, 3.63) is 59.8 Å². The van der Waals surface area contributed by atoms with E-state index in [2.05, 4.69) is 58.0 Å². The molecule has 3 aliphatic heterocycles. The molecule has 2 aromatic rings. The maximum absolute atomic E-state index is 12.1. The number of amides is 2. The zero-order valence-corrected chi connectivity index (χ0v) is 22.2. The Bertz CT molecular complexity index is 1230. The topological polar surface area (TPSA) is 90.9 Å². The van der Waals surface area contributed by atoms with Gasteiger partial charge < -0.3 is 15.0 Å². The van der Waals surface area contributed by atoms with Crippen LogP contribution in [0.2, 0.25) is 0 Å². The Kier molecular flexibility index (Phi) is 6.34. The number of hydrogen-bond acceptors (Lipinski definition) is 7. The van der Waals surface area contributed by atoms with Crippen LogP contribution in [0.15, 0.2) is 43.1 Å². The second-order valence-electron chi connectivity index (χ2n) is 11.4. The molecule has 0 radical (unpaired) electrons. The van der Waals surface area contributed by atoms with E-state index in [1.165, 1.54) is 35.8 Å². The molecule has 4 aliphatic rings. The number of aromatic nitrogens is 2. The molecule has 1 saturated carbocycles. The van der Waals surface area contributed by atoms with Crippen LogP contribution in [0.3, 0.4) is 0 Å². The van der Waals surface area contributed by atoms with Crippen molar-refractivity contribution in [3.8, 4) is 0 Å². The first-order valence-electron chi connectivity index (χ1n) is 13.7. The van der Waals surface area contributed by atoms with Gasteiger partial charge in [0, 0.05) is 50.4 Å². The Morgan fingerprint density at radius 2 is 1.92 bits per heavy atom. The van der Waals surface area contributed by atoms with E-state index in [0.29, 0.717) is 24.4 Å². The highest BCUT2D eigenvalue weighted by molar-refractivity contribution is 5.89. The molecule has 2 atom stereocenters. The number of ether oxygens (including phenoxy) is 1. The van der Waals surface area contributed by atoms with Crippen molar-refractivity contribution in [2.24, 2.45) is 11.3 Å². The summed E-state index contributed by atoms with van der Waals surface area (Å²) in [6.45, 7) is 12.1. The Balaban J connectivity index is 1.11. The number of rotatable bonds is 9. The Labute approximate surface area is 223 Å². The van der Waals surface area contributed by atoms with Crippen LogP contribution in [0, 0.1) is 11.3 Å². The number of nitrogens with zero attached hydrogens (tertiary/aromatic N) is 5. The zero-order valence-electron chi connectivity index (χ0n) is 22.2. The fourth-order valence-electron chi connectivity index (χ4n) is 6.12. The maximum atomic E-state index is 12.1. The summed E-state index contributed by atoms with van der Waals surface area (Å²) >= 11 is 0. The van der Waals surface area contributed by atoms with Crippen LogP contribution < -0.4 is 10.2 Å². The van der Waals surface area contributed by atoms with Gasteiger partial charge in [0.15, 0.2) is 0 Å². The van der Waals surface area contributed by atoms with Gasteiger partial charge in [-0.3, -0.25) is 14.6 Å². The summed E-state index contributed by atoms with van der Waals surface area (Å²) < 4.78 is 5.19. The minimum absolute atomic E-state index is 0.00485. The molecule has 1 aromatic heterocycles. The van der Waals surface area contributed by atoms with E-state index >= 15 is 0 Å². The molecule has 38 heavy (non-hydrogen) atoms. The average Bonchev–Trinajstić information content (AvgIpc) is 3.70. The van der Waals surface area contributed by atoms with Crippen molar-refractivity contribution in [3.63, 3.8) is 0 Å². The molecular formula is C29H36N6O3. The Morgan fingerprint density at radius 1 is 1.21 bits per heavy atom. The van der Waals surface area contributed by atoms with Crippen LogP contribution in [-0.2, 0) is 16.1 Å². The lowest BCUT2D eigenvalue weighted by Gasteiger charge is -2.62. The number of likely N-dealkylation sites (tertiary alicyclic amines) is 2. The summed E-state index contributed by atoms with van der Waals surface area (Å²) in [7, 11) is 0. The highest BCUT2D eigenvalue weighted by Crippen LogP contribution is 2.48. The van der Waals surface area contributed by atoms with Crippen LogP contribution in [-0.4, -0.2) is 64.5 Å². The molecule has 2 saturated heterocycles. The first kappa shape index (κ1) is 24.9. The molecule has 3 fully saturated rings. The van der Waals surface area contributed by atoms with E-state index < -0.39 is 0 Å². The van der Waals surface area contributed by atoms with Crippen molar-refractivity contribution in [1.29, 1.82) is 0 Å². The van der Waals surface area contributed by atoms with Crippen LogP contribution in [0.4, 0.5) is 16.6 Å². The number of carbonyl (C=O) groups is 2. The summed E-state index contributed by atoms with van der Waals surface area (Å²) in [6, 6.07) is 9.36. The third kappa shape index (κ3) is 4.64. The molecule has 9 heteroatoms. The van der Waals surface area contributed by atoms with E-state index in [4.69, 9.17) is 4.74 Å². The molecule has 1 aliphatic carbocycles. The summed E-state index contributed by atoms with van der Waals surface area (Å²) in [5, 5.41) is 3.40. The smallest absolute Gasteiger partial charge is 0.415 e. The summed E-state index contributed by atoms with van der Waals surface area (Å²) in [6.07, 6.45) is 6.66. The van der Waals surface area contributed by atoms with Gasteiger partial charge in [0.25, 0.3) is 0 Å². The molecule has 200 valence electrons. The quantitative estimate of drug-likeness (QED) is 0.497. The number of hydrogen-bond donors (Lipinski definition) is 1. The minimum atomic E-state index is -0.373. The average molecular weight is 517 g/mol. The summed E-state index contributed by atoms with van der Waals surface area (Å²) in [5.41, 5.74) is 3.61. The minimum Gasteiger partial charge on any atom is -0.444 e. The van der Waals surface area contributed by atoms with Crippen LogP contribution >= 0.6 is 0 Å². The molecule has 1 aromatic carbocycles. The van der Waals surface area contributed by atoms with Crippen molar-refractivity contribution in [2.45, 2.75) is 51.8 Å². The number of nitrogens with one attached hydrogen (secondary N) is 1. The number of fused-ring (bicyclic) bond motifs is 1. The van der Waals surface area contributed by atoms with E-state index in [1.54, 1.807) is 6.20 Å². The second kappa shape index (κ2) is 9.69. The number of cyclic esters (lactones) is 1. The van der Waals surface area contributed by atoms with Gasteiger partial charge in [-0.25, -0.2) is 9.78 Å². The van der Waals surface area contributed by atoms with Crippen LogP contribution in [0.5, 0.6) is 0 Å². The number of anilines is 2. The molecule has 9 nitrogen and oxygen atoms in total. The Hall–Kier alpha value is -3.46. The second-order valence-corrected chi connectivity index (χ2v) is 11.4. The van der Waals surface area contributed by atoms with E-state index in [1.807, 2.05) is 11.8 Å². The molecule has 1 unspecified atom stereocenters. The predicted octanol–water partition coefficient (Wildman–Crippen LogP) is 4.30. The lowest BCUT2D eigenvalue weighted by molar-refractivity contribution is -0.159. The Morgan fingerprint density at radius 3 is 2.58 bits per heavy atom. The monoisotopic (exact) mass is 516 g/mol. The first-order valence-corrected chi connectivity index (χ1v) is 13.7. The fourth-order valence-corrected chi connectivity index (χ4v) is 6.12. The number of benzene rings is 1. The predicted molar refractivity (Wildman–Crippen MR) is 145 cm³/mol. The van der Waals surface area contributed by atoms with Gasteiger partial charge in [-0.2, -0.15) is 4.98 Å². The van der Waals surface area contributed by atoms with Crippen molar-refractivity contribution < 1.29 is 14.3 Å². The molecule has 0 bridgehead atoms.